The van der Waals surface area contributed by atoms with Gasteiger partial charge in [-0.3, -0.25) is 4.90 Å². The van der Waals surface area contributed by atoms with Crippen molar-refractivity contribution in [1.29, 1.82) is 0 Å². The Morgan fingerprint density at radius 2 is 1.83 bits per heavy atom. The van der Waals surface area contributed by atoms with Crippen LogP contribution in [-0.2, 0) is 0 Å². The molecule has 1 heterocycles. The van der Waals surface area contributed by atoms with Crippen molar-refractivity contribution in [3.63, 3.8) is 0 Å². The van der Waals surface area contributed by atoms with Gasteiger partial charge in [-0.15, -0.1) is 24.8 Å². The van der Waals surface area contributed by atoms with Crippen LogP contribution in [0.1, 0.15) is 18.5 Å². The Morgan fingerprint density at radius 3 is 2.29 bits per heavy atom. The molecule has 1 aliphatic heterocycles. The molecule has 0 spiro atoms. The molecule has 1 saturated heterocycles. The second kappa shape index (κ2) is 9.87. The first-order valence-electron chi connectivity index (χ1n) is 6.97. The zero-order valence-electron chi connectivity index (χ0n) is 12.8. The minimum atomic E-state index is -4.51. The van der Waals surface area contributed by atoms with E-state index in [4.69, 9.17) is 16.3 Å². The van der Waals surface area contributed by atoms with Gasteiger partial charge in [-0.05, 0) is 24.6 Å². The van der Waals surface area contributed by atoms with E-state index in [1.54, 1.807) is 6.92 Å². The van der Waals surface area contributed by atoms with Gasteiger partial charge in [0.1, 0.15) is 6.04 Å². The summed E-state index contributed by atoms with van der Waals surface area (Å²) in [4.78, 5) is 1.28. The lowest BCUT2D eigenvalue weighted by molar-refractivity contribution is -0.187. The Kier molecular flexibility index (Phi) is 9.68. The Labute approximate surface area is 155 Å². The fourth-order valence-corrected chi connectivity index (χ4v) is 2.84. The molecule has 3 nitrogen and oxygen atoms in total. The van der Waals surface area contributed by atoms with E-state index < -0.39 is 18.0 Å². The maximum absolute atomic E-state index is 14.0. The Morgan fingerprint density at radius 1 is 1.25 bits per heavy atom. The predicted molar refractivity (Wildman–Crippen MR) is 90.3 cm³/mol. The molecule has 0 aromatic heterocycles. The summed E-state index contributed by atoms with van der Waals surface area (Å²) in [6, 6.07) is 0.115. The average molecular weight is 414 g/mol. The first kappa shape index (κ1) is 23.5. The fraction of sp³-hybridized carbons (Fsp3) is 0.571. The van der Waals surface area contributed by atoms with Crippen LogP contribution in [-0.4, -0.2) is 43.9 Å². The molecule has 0 radical (unpaired) electrons. The van der Waals surface area contributed by atoms with Crippen molar-refractivity contribution in [2.45, 2.75) is 19.1 Å². The molecule has 24 heavy (non-hydrogen) atoms. The van der Waals surface area contributed by atoms with Crippen molar-refractivity contribution in [2.75, 3.05) is 32.8 Å². The normalized spacial score (nSPS) is 16.8. The predicted octanol–water partition coefficient (Wildman–Crippen LogP) is 4.23. The van der Waals surface area contributed by atoms with Crippen LogP contribution in [0.15, 0.2) is 12.1 Å². The highest BCUT2D eigenvalue weighted by atomic mass is 35.5. The first-order valence-corrected chi connectivity index (χ1v) is 7.35. The number of benzene rings is 1. The van der Waals surface area contributed by atoms with Crippen molar-refractivity contribution >= 4 is 36.4 Å². The number of nitrogens with one attached hydrogen (secondary N) is 1. The van der Waals surface area contributed by atoms with E-state index in [2.05, 4.69) is 5.32 Å². The third-order valence-corrected chi connectivity index (χ3v) is 3.73. The number of halogens is 7. The van der Waals surface area contributed by atoms with Gasteiger partial charge in [0.15, 0.2) is 11.6 Å². The molecule has 2 rings (SSSR count). The molecule has 0 saturated carbocycles. The molecule has 1 atom stereocenters. The van der Waals surface area contributed by atoms with Gasteiger partial charge in [0, 0.05) is 26.2 Å². The summed E-state index contributed by atoms with van der Waals surface area (Å²) in [5.41, 5.74) is -0.208. The minimum Gasteiger partial charge on any atom is -0.489 e. The Balaban J connectivity index is 0.00000264. The van der Waals surface area contributed by atoms with Crippen LogP contribution < -0.4 is 10.1 Å². The number of nitrogens with zero attached hydrogens (tertiary/aromatic N) is 1. The molecule has 1 aromatic rings. The van der Waals surface area contributed by atoms with E-state index in [0.717, 1.165) is 12.1 Å². The maximum atomic E-state index is 14.0. The third kappa shape index (κ3) is 5.52. The van der Waals surface area contributed by atoms with Gasteiger partial charge in [-0.2, -0.15) is 13.2 Å². The quantitative estimate of drug-likeness (QED) is 0.748. The smallest absolute Gasteiger partial charge is 0.408 e. The molecule has 140 valence electrons. The van der Waals surface area contributed by atoms with Gasteiger partial charge >= 0.3 is 6.18 Å². The molecule has 1 N–H and O–H groups in total. The highest BCUT2D eigenvalue weighted by Gasteiger charge is 2.45. The monoisotopic (exact) mass is 412 g/mol. The number of alkyl halides is 3. The average Bonchev–Trinajstić information content (AvgIpc) is 2.43. The molecule has 1 fully saturated rings. The SMILES string of the molecule is CCOc1c(F)cc([C@H](N2CCNCC2)C(F)(F)F)cc1Cl.Cl.Cl. The van der Waals surface area contributed by atoms with Crippen molar-refractivity contribution in [2.24, 2.45) is 0 Å². The van der Waals surface area contributed by atoms with E-state index in [9.17, 15) is 17.6 Å². The highest BCUT2D eigenvalue weighted by Crippen LogP contribution is 2.41. The van der Waals surface area contributed by atoms with E-state index in [-0.39, 0.29) is 60.8 Å². The summed E-state index contributed by atoms with van der Waals surface area (Å²) in [6.45, 7) is 3.20. The zero-order chi connectivity index (χ0) is 16.3. The second-order valence-corrected chi connectivity index (χ2v) is 5.38. The van der Waals surface area contributed by atoms with Gasteiger partial charge in [-0.1, -0.05) is 11.6 Å². The first-order chi connectivity index (χ1) is 10.3. The maximum Gasteiger partial charge on any atom is 0.408 e. The van der Waals surface area contributed by atoms with Crippen LogP contribution in [0, 0.1) is 5.82 Å². The molecule has 0 amide bonds. The summed E-state index contributed by atoms with van der Waals surface area (Å²) in [6.07, 6.45) is -4.51. The molecule has 10 heteroatoms. The van der Waals surface area contributed by atoms with Crippen LogP contribution in [0.25, 0.3) is 0 Å². The van der Waals surface area contributed by atoms with Crippen LogP contribution >= 0.6 is 36.4 Å². The summed E-state index contributed by atoms with van der Waals surface area (Å²) >= 11 is 5.88. The van der Waals surface area contributed by atoms with Crippen molar-refractivity contribution in [1.82, 2.24) is 10.2 Å². The van der Waals surface area contributed by atoms with Gasteiger partial charge in [0.05, 0.1) is 11.6 Å². The van der Waals surface area contributed by atoms with Crippen LogP contribution in [0.3, 0.4) is 0 Å². The molecule has 1 aromatic carbocycles. The van der Waals surface area contributed by atoms with Crippen molar-refractivity contribution in [3.05, 3.63) is 28.5 Å². The fourth-order valence-electron chi connectivity index (χ4n) is 2.57. The zero-order valence-corrected chi connectivity index (χ0v) is 15.2. The topological polar surface area (TPSA) is 24.5 Å². The molecule has 0 bridgehead atoms. The summed E-state index contributed by atoms with van der Waals surface area (Å²) in [7, 11) is 0. The van der Waals surface area contributed by atoms with Crippen LogP contribution in [0.5, 0.6) is 5.75 Å². The number of rotatable bonds is 4. The Bertz CT molecular complexity index is 502. The van der Waals surface area contributed by atoms with Crippen molar-refractivity contribution in [3.8, 4) is 5.75 Å². The summed E-state index contributed by atoms with van der Waals surface area (Å²) in [5, 5.41) is 2.84. The summed E-state index contributed by atoms with van der Waals surface area (Å²) in [5.74, 6) is -1.09. The largest absolute Gasteiger partial charge is 0.489 e. The lowest BCUT2D eigenvalue weighted by Gasteiger charge is -2.36. The Hall–Kier alpha value is -0.470. The van der Waals surface area contributed by atoms with Gasteiger partial charge < -0.3 is 10.1 Å². The van der Waals surface area contributed by atoms with Crippen LogP contribution in [0.2, 0.25) is 5.02 Å². The van der Waals surface area contributed by atoms with E-state index >= 15 is 0 Å². The highest BCUT2D eigenvalue weighted by molar-refractivity contribution is 6.32. The minimum absolute atomic E-state index is 0. The van der Waals surface area contributed by atoms with E-state index in [1.165, 1.54) is 4.90 Å². The lowest BCUT2D eigenvalue weighted by Crippen LogP contribution is -2.49. The van der Waals surface area contributed by atoms with Crippen LogP contribution in [0.4, 0.5) is 17.6 Å². The third-order valence-electron chi connectivity index (χ3n) is 3.45. The van der Waals surface area contributed by atoms with Crippen molar-refractivity contribution < 1.29 is 22.3 Å². The number of hydrogen-bond acceptors (Lipinski definition) is 3. The standard InChI is InChI=1S/C14H17ClF4N2O.2ClH/c1-2-22-12-10(15)7-9(8-11(12)16)13(14(17,18)19)21-5-3-20-4-6-21;;/h7-8,13,20H,2-6H2,1H3;2*1H/t13-;;/m0../s1. The van der Waals surface area contributed by atoms with E-state index in [1.807, 2.05) is 0 Å². The lowest BCUT2D eigenvalue weighted by atomic mass is 10.0. The number of piperazine rings is 1. The van der Waals surface area contributed by atoms with E-state index in [0.29, 0.717) is 13.1 Å². The van der Waals surface area contributed by atoms with Gasteiger partial charge in [0.25, 0.3) is 0 Å². The second-order valence-electron chi connectivity index (χ2n) is 4.98. The number of hydrogen-bond donors (Lipinski definition) is 1. The molecular weight excluding hydrogens is 395 g/mol. The number of ether oxygens (including phenoxy) is 1. The van der Waals surface area contributed by atoms with Gasteiger partial charge in [-0.25, -0.2) is 4.39 Å². The molecule has 0 unspecified atom stereocenters. The molecule has 0 aliphatic carbocycles. The summed E-state index contributed by atoms with van der Waals surface area (Å²) < 4.78 is 59.4. The molecule has 1 aliphatic rings. The van der Waals surface area contributed by atoms with Gasteiger partial charge in [0.2, 0.25) is 0 Å². The molecular formula is C14H19Cl3F4N2O.